The van der Waals surface area contributed by atoms with Gasteiger partial charge < -0.3 is 13.9 Å². The summed E-state index contributed by atoms with van der Waals surface area (Å²) < 4.78 is 16.0. The van der Waals surface area contributed by atoms with Crippen molar-refractivity contribution in [1.29, 1.82) is 0 Å². The van der Waals surface area contributed by atoms with Crippen molar-refractivity contribution < 1.29 is 18.7 Å². The Morgan fingerprint density at radius 3 is 2.59 bits per heavy atom. The molecule has 0 saturated carbocycles. The molecule has 0 spiro atoms. The summed E-state index contributed by atoms with van der Waals surface area (Å²) in [5.74, 6) is 0.0451. The minimum absolute atomic E-state index is 0.0702. The SMILES string of the molecule is Cc1cc2oc(=O)cc(COC(=O)COc3ccc(Cl)cc3Cl)c2cc1C(C)C. The van der Waals surface area contributed by atoms with Crippen molar-refractivity contribution in [1.82, 2.24) is 0 Å². The first kappa shape index (κ1) is 21.2. The molecule has 29 heavy (non-hydrogen) atoms. The fourth-order valence-corrected chi connectivity index (χ4v) is 3.52. The number of ether oxygens (including phenoxy) is 2. The van der Waals surface area contributed by atoms with Gasteiger partial charge in [-0.15, -0.1) is 0 Å². The lowest BCUT2D eigenvalue weighted by Crippen LogP contribution is -2.15. The number of halogens is 2. The Morgan fingerprint density at radius 2 is 1.90 bits per heavy atom. The number of aryl methyl sites for hydroxylation is 1. The molecule has 0 unspecified atom stereocenters. The van der Waals surface area contributed by atoms with Crippen LogP contribution in [-0.2, 0) is 16.1 Å². The molecule has 0 saturated heterocycles. The van der Waals surface area contributed by atoms with Crippen LogP contribution in [0, 0.1) is 6.92 Å². The van der Waals surface area contributed by atoms with Gasteiger partial charge in [-0.05, 0) is 54.3 Å². The van der Waals surface area contributed by atoms with Gasteiger partial charge in [-0.1, -0.05) is 37.0 Å². The van der Waals surface area contributed by atoms with Gasteiger partial charge in [0.25, 0.3) is 0 Å². The summed E-state index contributed by atoms with van der Waals surface area (Å²) in [6, 6.07) is 9.86. The Balaban J connectivity index is 1.74. The van der Waals surface area contributed by atoms with E-state index in [2.05, 4.69) is 13.8 Å². The van der Waals surface area contributed by atoms with Crippen molar-refractivity contribution >= 4 is 40.1 Å². The molecule has 0 aliphatic rings. The summed E-state index contributed by atoms with van der Waals surface area (Å²) in [5.41, 5.74) is 2.73. The number of hydrogen-bond donors (Lipinski definition) is 0. The molecule has 0 fully saturated rings. The molecule has 3 aromatic rings. The van der Waals surface area contributed by atoms with Crippen LogP contribution in [0.25, 0.3) is 11.0 Å². The molecule has 0 aliphatic carbocycles. The molecule has 0 atom stereocenters. The van der Waals surface area contributed by atoms with Crippen LogP contribution in [0.4, 0.5) is 0 Å². The standard InChI is InChI=1S/C22H20Cl2O5/c1-12(2)16-9-17-14(7-21(25)29-20(17)6-13(16)3)10-28-22(26)11-27-19-5-4-15(23)8-18(19)24/h4-9,12H,10-11H2,1-3H3. The molecule has 1 aromatic heterocycles. The lowest BCUT2D eigenvalue weighted by Gasteiger charge is -2.13. The van der Waals surface area contributed by atoms with Crippen LogP contribution < -0.4 is 10.4 Å². The first-order valence-electron chi connectivity index (χ1n) is 9.05. The van der Waals surface area contributed by atoms with E-state index < -0.39 is 11.6 Å². The van der Waals surface area contributed by atoms with Gasteiger partial charge in [-0.3, -0.25) is 0 Å². The topological polar surface area (TPSA) is 65.7 Å². The van der Waals surface area contributed by atoms with Crippen LogP contribution in [0.2, 0.25) is 10.0 Å². The summed E-state index contributed by atoms with van der Waals surface area (Å²) in [6.45, 7) is 5.76. The smallest absolute Gasteiger partial charge is 0.344 e. The lowest BCUT2D eigenvalue weighted by molar-refractivity contribution is -0.147. The van der Waals surface area contributed by atoms with Gasteiger partial charge in [0, 0.05) is 22.0 Å². The zero-order valence-electron chi connectivity index (χ0n) is 16.3. The van der Waals surface area contributed by atoms with E-state index in [0.717, 1.165) is 16.5 Å². The predicted octanol–water partition coefficient (Wildman–Crippen LogP) is 5.65. The molecule has 7 heteroatoms. The maximum Gasteiger partial charge on any atom is 0.344 e. The average Bonchev–Trinajstić information content (AvgIpc) is 2.64. The zero-order valence-corrected chi connectivity index (χ0v) is 17.8. The van der Waals surface area contributed by atoms with E-state index in [1.165, 1.54) is 12.1 Å². The second kappa shape index (κ2) is 8.89. The summed E-state index contributed by atoms with van der Waals surface area (Å²) in [4.78, 5) is 24.0. The molecule has 5 nitrogen and oxygen atoms in total. The van der Waals surface area contributed by atoms with Crippen molar-refractivity contribution in [3.8, 4) is 5.75 Å². The highest BCUT2D eigenvalue weighted by molar-refractivity contribution is 6.35. The van der Waals surface area contributed by atoms with Gasteiger partial charge in [-0.2, -0.15) is 0 Å². The van der Waals surface area contributed by atoms with Crippen molar-refractivity contribution in [2.45, 2.75) is 33.3 Å². The number of esters is 1. The molecule has 0 radical (unpaired) electrons. The van der Waals surface area contributed by atoms with E-state index in [1.54, 1.807) is 12.1 Å². The minimum Gasteiger partial charge on any atom is -0.480 e. The molecule has 0 N–H and O–H groups in total. The molecule has 2 aromatic carbocycles. The summed E-state index contributed by atoms with van der Waals surface area (Å²) in [7, 11) is 0. The highest BCUT2D eigenvalue weighted by atomic mass is 35.5. The molecular weight excluding hydrogens is 415 g/mol. The number of carbonyl (C=O) groups excluding carboxylic acids is 1. The zero-order chi connectivity index (χ0) is 21.1. The number of fused-ring (bicyclic) bond motifs is 1. The Morgan fingerprint density at radius 1 is 1.14 bits per heavy atom. The Kier molecular flexibility index (Phi) is 6.50. The molecule has 0 aliphatic heterocycles. The van der Waals surface area contributed by atoms with E-state index in [9.17, 15) is 9.59 Å². The van der Waals surface area contributed by atoms with E-state index in [4.69, 9.17) is 37.1 Å². The summed E-state index contributed by atoms with van der Waals surface area (Å²) in [6.07, 6.45) is 0. The van der Waals surface area contributed by atoms with E-state index in [0.29, 0.717) is 32.9 Å². The van der Waals surface area contributed by atoms with Gasteiger partial charge in [0.15, 0.2) is 6.61 Å². The van der Waals surface area contributed by atoms with Crippen LogP contribution in [-0.4, -0.2) is 12.6 Å². The molecular formula is C22H20Cl2O5. The monoisotopic (exact) mass is 434 g/mol. The van der Waals surface area contributed by atoms with Gasteiger partial charge in [0.05, 0.1) is 5.02 Å². The fraction of sp³-hybridized carbons (Fsp3) is 0.273. The minimum atomic E-state index is -0.589. The Labute approximate surface area is 178 Å². The van der Waals surface area contributed by atoms with Crippen molar-refractivity contribution in [3.63, 3.8) is 0 Å². The number of hydrogen-bond acceptors (Lipinski definition) is 5. The normalized spacial score (nSPS) is 11.1. The number of carbonyl (C=O) groups is 1. The second-order valence-electron chi connectivity index (χ2n) is 6.97. The number of rotatable bonds is 6. The van der Waals surface area contributed by atoms with Gasteiger partial charge in [0.1, 0.15) is 17.9 Å². The van der Waals surface area contributed by atoms with Gasteiger partial charge in [0.2, 0.25) is 0 Å². The highest BCUT2D eigenvalue weighted by Crippen LogP contribution is 2.28. The molecule has 0 bridgehead atoms. The second-order valence-corrected chi connectivity index (χ2v) is 7.82. The molecule has 152 valence electrons. The number of benzene rings is 2. The van der Waals surface area contributed by atoms with Crippen LogP contribution in [0.15, 0.2) is 45.6 Å². The first-order valence-corrected chi connectivity index (χ1v) is 9.81. The first-order chi connectivity index (χ1) is 13.7. The summed E-state index contributed by atoms with van der Waals surface area (Å²) >= 11 is 11.8. The van der Waals surface area contributed by atoms with Crippen LogP contribution in [0.1, 0.15) is 36.5 Å². The predicted molar refractivity (Wildman–Crippen MR) is 113 cm³/mol. The van der Waals surface area contributed by atoms with Crippen LogP contribution in [0.5, 0.6) is 5.75 Å². The van der Waals surface area contributed by atoms with Gasteiger partial charge >= 0.3 is 11.6 Å². The van der Waals surface area contributed by atoms with Crippen LogP contribution in [0.3, 0.4) is 0 Å². The Hall–Kier alpha value is -2.50. The molecule has 1 heterocycles. The molecule has 3 rings (SSSR count). The van der Waals surface area contributed by atoms with Gasteiger partial charge in [-0.25, -0.2) is 9.59 Å². The third-order valence-corrected chi connectivity index (χ3v) is 5.00. The average molecular weight is 435 g/mol. The quantitative estimate of drug-likeness (QED) is 0.370. The lowest BCUT2D eigenvalue weighted by atomic mass is 9.95. The van der Waals surface area contributed by atoms with E-state index in [1.807, 2.05) is 19.1 Å². The largest absolute Gasteiger partial charge is 0.480 e. The van der Waals surface area contributed by atoms with Crippen LogP contribution >= 0.6 is 23.2 Å². The van der Waals surface area contributed by atoms with Crippen molar-refractivity contribution in [2.24, 2.45) is 0 Å². The molecule has 0 amide bonds. The Bertz CT molecular complexity index is 1120. The van der Waals surface area contributed by atoms with E-state index in [-0.39, 0.29) is 13.2 Å². The highest BCUT2D eigenvalue weighted by Gasteiger charge is 2.14. The maximum absolute atomic E-state index is 12.1. The van der Waals surface area contributed by atoms with Crippen molar-refractivity contribution in [2.75, 3.05) is 6.61 Å². The summed E-state index contributed by atoms with van der Waals surface area (Å²) in [5, 5.41) is 1.51. The van der Waals surface area contributed by atoms with E-state index >= 15 is 0 Å². The van der Waals surface area contributed by atoms with Crippen molar-refractivity contribution in [3.05, 3.63) is 73.6 Å². The third kappa shape index (κ3) is 5.11. The third-order valence-electron chi connectivity index (χ3n) is 4.47. The maximum atomic E-state index is 12.1. The fourth-order valence-electron chi connectivity index (χ4n) is 3.06.